The van der Waals surface area contributed by atoms with Crippen molar-refractivity contribution in [1.82, 2.24) is 0 Å². The minimum atomic E-state index is -4.56. The first kappa shape index (κ1) is 14.3. The van der Waals surface area contributed by atoms with E-state index in [0.717, 1.165) is 12.1 Å². The number of hydrogen-bond donors (Lipinski definition) is 2. The first-order valence-electron chi connectivity index (χ1n) is 5.06. The Labute approximate surface area is 102 Å². The number of anilines is 2. The van der Waals surface area contributed by atoms with Crippen LogP contribution in [0.3, 0.4) is 0 Å². The van der Waals surface area contributed by atoms with E-state index in [4.69, 9.17) is 10.5 Å². The number of ether oxygens (including phenoxy) is 1. The number of carbonyl (C=O) groups excluding carboxylic acids is 1. The first-order valence-corrected chi connectivity index (χ1v) is 5.06. The van der Waals surface area contributed by atoms with Gasteiger partial charge in [-0.05, 0) is 25.1 Å². The highest BCUT2D eigenvalue weighted by atomic mass is 19.4. The molecule has 18 heavy (non-hydrogen) atoms. The van der Waals surface area contributed by atoms with Crippen LogP contribution in [0.4, 0.5) is 24.5 Å². The Morgan fingerprint density at radius 2 is 2.06 bits per heavy atom. The van der Waals surface area contributed by atoms with Gasteiger partial charge in [0.05, 0.1) is 5.56 Å². The fourth-order valence-corrected chi connectivity index (χ4v) is 1.23. The second kappa shape index (κ2) is 5.26. The molecule has 1 rings (SSSR count). The topological polar surface area (TPSA) is 64.3 Å². The van der Waals surface area contributed by atoms with Crippen molar-refractivity contribution in [3.63, 3.8) is 0 Å². The molecular weight excluding hydrogens is 249 g/mol. The monoisotopic (exact) mass is 262 g/mol. The largest absolute Gasteiger partial charge is 0.418 e. The second-order valence-electron chi connectivity index (χ2n) is 3.67. The van der Waals surface area contributed by atoms with Gasteiger partial charge >= 0.3 is 6.18 Å². The van der Waals surface area contributed by atoms with Gasteiger partial charge < -0.3 is 15.8 Å². The van der Waals surface area contributed by atoms with Crippen LogP contribution in [-0.2, 0) is 15.7 Å². The third kappa shape index (κ3) is 3.36. The summed E-state index contributed by atoms with van der Waals surface area (Å²) in [4.78, 5) is 11.4. The number of methoxy groups -OCH3 is 1. The SMILES string of the molecule is COC(C)C(=O)Nc1ccc(N)c(C(F)(F)F)c1. The number of benzene rings is 1. The molecule has 4 nitrogen and oxygen atoms in total. The molecule has 0 aliphatic carbocycles. The normalized spacial score (nSPS) is 13.2. The van der Waals surface area contributed by atoms with Crippen LogP contribution < -0.4 is 11.1 Å². The molecule has 3 N–H and O–H groups in total. The van der Waals surface area contributed by atoms with Gasteiger partial charge in [0.15, 0.2) is 0 Å². The molecule has 0 aliphatic rings. The smallest absolute Gasteiger partial charge is 0.398 e. The lowest BCUT2D eigenvalue weighted by molar-refractivity contribution is -0.137. The molecule has 1 aromatic rings. The third-order valence-corrected chi connectivity index (χ3v) is 2.35. The molecule has 0 bridgehead atoms. The summed E-state index contributed by atoms with van der Waals surface area (Å²) in [6, 6.07) is 3.18. The number of nitrogen functional groups attached to an aromatic ring is 1. The molecule has 0 saturated carbocycles. The number of nitrogens with one attached hydrogen (secondary N) is 1. The molecule has 1 aromatic carbocycles. The zero-order valence-electron chi connectivity index (χ0n) is 9.84. The highest BCUT2D eigenvalue weighted by Gasteiger charge is 2.33. The standard InChI is InChI=1S/C11H13F3N2O2/c1-6(18-2)10(17)16-7-3-4-9(15)8(5-7)11(12,13)14/h3-6H,15H2,1-2H3,(H,16,17). The maximum Gasteiger partial charge on any atom is 0.418 e. The Bertz CT molecular complexity index is 446. The summed E-state index contributed by atoms with van der Waals surface area (Å²) in [6.45, 7) is 1.48. The van der Waals surface area contributed by atoms with E-state index in [1.807, 2.05) is 0 Å². The van der Waals surface area contributed by atoms with Crippen molar-refractivity contribution in [2.75, 3.05) is 18.2 Å². The van der Waals surface area contributed by atoms with Gasteiger partial charge in [0.25, 0.3) is 5.91 Å². The molecule has 0 spiro atoms. The Morgan fingerprint density at radius 3 is 2.56 bits per heavy atom. The molecule has 1 atom stereocenters. The molecule has 0 aliphatic heterocycles. The maximum absolute atomic E-state index is 12.6. The molecular formula is C11H13F3N2O2. The molecule has 0 heterocycles. The lowest BCUT2D eigenvalue weighted by atomic mass is 10.1. The van der Waals surface area contributed by atoms with Crippen molar-refractivity contribution >= 4 is 17.3 Å². The predicted molar refractivity (Wildman–Crippen MR) is 61.0 cm³/mol. The third-order valence-electron chi connectivity index (χ3n) is 2.35. The van der Waals surface area contributed by atoms with Crippen LogP contribution in [0.5, 0.6) is 0 Å². The number of alkyl halides is 3. The fraction of sp³-hybridized carbons (Fsp3) is 0.364. The van der Waals surface area contributed by atoms with Crippen LogP contribution in [0.2, 0.25) is 0 Å². The van der Waals surface area contributed by atoms with Crippen molar-refractivity contribution in [3.05, 3.63) is 23.8 Å². The van der Waals surface area contributed by atoms with E-state index < -0.39 is 23.8 Å². The minimum absolute atomic E-state index is 0.0189. The van der Waals surface area contributed by atoms with Crippen LogP contribution in [0.15, 0.2) is 18.2 Å². The lowest BCUT2D eigenvalue weighted by Gasteiger charge is -2.14. The molecule has 0 radical (unpaired) electrons. The molecule has 1 unspecified atom stereocenters. The lowest BCUT2D eigenvalue weighted by Crippen LogP contribution is -2.26. The van der Waals surface area contributed by atoms with E-state index >= 15 is 0 Å². The number of rotatable bonds is 3. The summed E-state index contributed by atoms with van der Waals surface area (Å²) in [5, 5.41) is 2.31. The van der Waals surface area contributed by atoms with Crippen molar-refractivity contribution in [2.45, 2.75) is 19.2 Å². The highest BCUT2D eigenvalue weighted by Crippen LogP contribution is 2.35. The minimum Gasteiger partial charge on any atom is -0.398 e. The average molecular weight is 262 g/mol. The van der Waals surface area contributed by atoms with E-state index in [-0.39, 0.29) is 11.4 Å². The van der Waals surface area contributed by atoms with Gasteiger partial charge in [-0.25, -0.2) is 0 Å². The van der Waals surface area contributed by atoms with Gasteiger partial charge in [0.2, 0.25) is 0 Å². The Hall–Kier alpha value is -1.76. The Kier molecular flexibility index (Phi) is 4.18. The van der Waals surface area contributed by atoms with Gasteiger partial charge in [-0.2, -0.15) is 13.2 Å². The zero-order chi connectivity index (χ0) is 13.9. The van der Waals surface area contributed by atoms with Gasteiger partial charge in [0, 0.05) is 18.5 Å². The zero-order valence-corrected chi connectivity index (χ0v) is 9.84. The van der Waals surface area contributed by atoms with Gasteiger partial charge in [-0.15, -0.1) is 0 Å². The summed E-state index contributed by atoms with van der Waals surface area (Å²) < 4.78 is 42.5. The predicted octanol–water partition coefficient (Wildman–Crippen LogP) is 2.26. The van der Waals surface area contributed by atoms with Crippen molar-refractivity contribution < 1.29 is 22.7 Å². The number of halogens is 3. The highest BCUT2D eigenvalue weighted by molar-refractivity contribution is 5.94. The fourth-order valence-electron chi connectivity index (χ4n) is 1.23. The van der Waals surface area contributed by atoms with E-state index in [1.165, 1.54) is 20.1 Å². The molecule has 100 valence electrons. The van der Waals surface area contributed by atoms with Gasteiger partial charge in [0.1, 0.15) is 6.10 Å². The molecule has 7 heteroatoms. The van der Waals surface area contributed by atoms with Crippen LogP contribution in [0.25, 0.3) is 0 Å². The van der Waals surface area contributed by atoms with Crippen molar-refractivity contribution in [3.8, 4) is 0 Å². The van der Waals surface area contributed by atoms with E-state index in [2.05, 4.69) is 5.32 Å². The number of carbonyl (C=O) groups is 1. The molecule has 0 saturated heterocycles. The summed E-state index contributed by atoms with van der Waals surface area (Å²) in [7, 11) is 1.33. The van der Waals surface area contributed by atoms with Crippen LogP contribution in [0, 0.1) is 0 Å². The van der Waals surface area contributed by atoms with E-state index in [1.54, 1.807) is 0 Å². The number of amides is 1. The van der Waals surface area contributed by atoms with E-state index in [9.17, 15) is 18.0 Å². The maximum atomic E-state index is 12.6. The average Bonchev–Trinajstić information content (AvgIpc) is 2.29. The van der Waals surface area contributed by atoms with Gasteiger partial charge in [-0.1, -0.05) is 0 Å². The van der Waals surface area contributed by atoms with Crippen LogP contribution in [-0.4, -0.2) is 19.1 Å². The number of nitrogens with two attached hydrogens (primary N) is 1. The van der Waals surface area contributed by atoms with Crippen LogP contribution in [0.1, 0.15) is 12.5 Å². The van der Waals surface area contributed by atoms with E-state index in [0.29, 0.717) is 0 Å². The molecule has 1 amide bonds. The van der Waals surface area contributed by atoms with Gasteiger partial charge in [-0.3, -0.25) is 4.79 Å². The molecule has 0 fully saturated rings. The molecule has 0 aromatic heterocycles. The van der Waals surface area contributed by atoms with Crippen molar-refractivity contribution in [2.24, 2.45) is 0 Å². The summed E-state index contributed by atoms with van der Waals surface area (Å²) in [5.74, 6) is -0.532. The van der Waals surface area contributed by atoms with Crippen molar-refractivity contribution in [1.29, 1.82) is 0 Å². The first-order chi connectivity index (χ1) is 8.25. The summed E-state index contributed by atoms with van der Waals surface area (Å²) >= 11 is 0. The summed E-state index contributed by atoms with van der Waals surface area (Å²) in [5.41, 5.74) is 3.88. The quantitative estimate of drug-likeness (QED) is 0.821. The summed E-state index contributed by atoms with van der Waals surface area (Å²) in [6.07, 6.45) is -5.31. The number of hydrogen-bond acceptors (Lipinski definition) is 3. The second-order valence-corrected chi connectivity index (χ2v) is 3.67. The Morgan fingerprint density at radius 1 is 1.44 bits per heavy atom. The van der Waals surface area contributed by atoms with Crippen LogP contribution >= 0.6 is 0 Å². The Balaban J connectivity index is 2.96.